The molecular formula is C16H28N4O2. The van der Waals surface area contributed by atoms with Crippen LogP contribution in [-0.4, -0.2) is 41.5 Å². The third kappa shape index (κ3) is 3.87. The molecule has 0 bridgehead atoms. The van der Waals surface area contributed by atoms with Crippen molar-refractivity contribution in [1.29, 1.82) is 0 Å². The first-order valence-corrected chi connectivity index (χ1v) is 7.83. The predicted octanol–water partition coefficient (Wildman–Crippen LogP) is 1.86. The van der Waals surface area contributed by atoms with Gasteiger partial charge in [-0.1, -0.05) is 20.8 Å². The average Bonchev–Trinajstić information content (AvgIpc) is 2.83. The summed E-state index contributed by atoms with van der Waals surface area (Å²) in [7, 11) is 0. The van der Waals surface area contributed by atoms with Crippen molar-refractivity contribution < 1.29 is 9.53 Å². The normalized spacial score (nSPS) is 20.0. The first-order chi connectivity index (χ1) is 10.1. The molecule has 6 nitrogen and oxygen atoms in total. The summed E-state index contributed by atoms with van der Waals surface area (Å²) in [5, 5.41) is 10.8. The molecule has 0 saturated carbocycles. The fourth-order valence-corrected chi connectivity index (χ4v) is 2.29. The third-order valence-electron chi connectivity index (χ3n) is 3.58. The Morgan fingerprint density at radius 1 is 1.36 bits per heavy atom. The molecule has 2 rings (SSSR count). The quantitative estimate of drug-likeness (QED) is 0.875. The first kappa shape index (κ1) is 17.0. The van der Waals surface area contributed by atoms with E-state index in [9.17, 15) is 4.79 Å². The molecule has 1 saturated heterocycles. The van der Waals surface area contributed by atoms with Crippen molar-refractivity contribution in [2.45, 2.75) is 58.6 Å². The van der Waals surface area contributed by atoms with E-state index in [1.54, 1.807) is 0 Å². The molecule has 1 aliphatic rings. The van der Waals surface area contributed by atoms with Crippen LogP contribution in [0.1, 0.15) is 47.2 Å². The van der Waals surface area contributed by atoms with Gasteiger partial charge in [-0.25, -0.2) is 4.68 Å². The van der Waals surface area contributed by atoms with Gasteiger partial charge in [-0.15, -0.1) is 0 Å². The average molecular weight is 308 g/mol. The third-order valence-corrected chi connectivity index (χ3v) is 3.58. The van der Waals surface area contributed by atoms with Crippen LogP contribution in [0.25, 0.3) is 0 Å². The molecule has 0 spiro atoms. The largest absolute Gasteiger partial charge is 0.366 e. The number of carbonyl (C=O) groups excluding carboxylic acids is 1. The van der Waals surface area contributed by atoms with Gasteiger partial charge in [0, 0.05) is 24.6 Å². The van der Waals surface area contributed by atoms with E-state index in [2.05, 4.69) is 52.2 Å². The van der Waals surface area contributed by atoms with Crippen LogP contribution in [0.2, 0.25) is 0 Å². The molecule has 2 heterocycles. The lowest BCUT2D eigenvalue weighted by Gasteiger charge is -2.25. The van der Waals surface area contributed by atoms with Crippen LogP contribution in [0.5, 0.6) is 0 Å². The summed E-state index contributed by atoms with van der Waals surface area (Å²) in [4.78, 5) is 12.4. The van der Waals surface area contributed by atoms with E-state index in [1.165, 1.54) is 0 Å². The van der Waals surface area contributed by atoms with E-state index in [0.717, 1.165) is 18.1 Å². The van der Waals surface area contributed by atoms with Crippen LogP contribution < -0.4 is 10.6 Å². The van der Waals surface area contributed by atoms with Gasteiger partial charge in [0.25, 0.3) is 5.91 Å². The highest BCUT2D eigenvalue weighted by molar-refractivity contribution is 5.93. The second-order valence-electron chi connectivity index (χ2n) is 7.80. The fraction of sp³-hybridized carbons (Fsp3) is 0.750. The lowest BCUT2D eigenvalue weighted by molar-refractivity contribution is -0.128. The summed E-state index contributed by atoms with van der Waals surface area (Å²) in [5.41, 5.74) is 0.678. The van der Waals surface area contributed by atoms with Crippen molar-refractivity contribution in [1.82, 2.24) is 15.1 Å². The minimum absolute atomic E-state index is 0.0706. The molecule has 1 atom stereocenters. The molecule has 22 heavy (non-hydrogen) atoms. The number of amides is 1. The molecule has 1 unspecified atom stereocenters. The number of rotatable bonds is 2. The highest BCUT2D eigenvalue weighted by Gasteiger charge is 2.28. The number of ether oxygens (including phenoxy) is 1. The number of morpholine rings is 1. The van der Waals surface area contributed by atoms with E-state index in [1.807, 2.05) is 10.7 Å². The van der Waals surface area contributed by atoms with Crippen molar-refractivity contribution in [3.05, 3.63) is 11.8 Å². The summed E-state index contributed by atoms with van der Waals surface area (Å²) in [6, 6.07) is 1.96. The van der Waals surface area contributed by atoms with Gasteiger partial charge in [0.1, 0.15) is 11.9 Å². The van der Waals surface area contributed by atoms with Crippen LogP contribution in [0.15, 0.2) is 6.07 Å². The van der Waals surface area contributed by atoms with E-state index in [0.29, 0.717) is 13.2 Å². The van der Waals surface area contributed by atoms with Gasteiger partial charge < -0.3 is 15.4 Å². The Balaban J connectivity index is 2.25. The molecule has 1 aliphatic heterocycles. The molecule has 1 aromatic heterocycles. The molecule has 1 aromatic rings. The first-order valence-electron chi connectivity index (χ1n) is 7.83. The van der Waals surface area contributed by atoms with E-state index in [-0.39, 0.29) is 16.9 Å². The maximum atomic E-state index is 12.4. The maximum absolute atomic E-state index is 12.4. The summed E-state index contributed by atoms with van der Waals surface area (Å²) in [5.74, 6) is 0.592. The Hall–Kier alpha value is -1.40. The molecule has 0 aromatic carbocycles. The minimum Gasteiger partial charge on any atom is -0.366 e. The number of hydrogen-bond acceptors (Lipinski definition) is 4. The lowest BCUT2D eigenvalue weighted by atomic mass is 9.92. The SMILES string of the molecule is CC(C)(C)c1cc(NC(=O)C2CNCCO2)n(C(C)(C)C)n1. The molecule has 1 amide bonds. The predicted molar refractivity (Wildman–Crippen MR) is 87.2 cm³/mol. The smallest absolute Gasteiger partial charge is 0.255 e. The zero-order valence-electron chi connectivity index (χ0n) is 14.5. The highest BCUT2D eigenvalue weighted by Crippen LogP contribution is 2.28. The summed E-state index contributed by atoms with van der Waals surface area (Å²) in [6.07, 6.45) is -0.449. The van der Waals surface area contributed by atoms with E-state index in [4.69, 9.17) is 9.84 Å². The van der Waals surface area contributed by atoms with Crippen molar-refractivity contribution >= 4 is 11.7 Å². The maximum Gasteiger partial charge on any atom is 0.255 e. The van der Waals surface area contributed by atoms with Crippen molar-refractivity contribution in [2.24, 2.45) is 0 Å². The van der Waals surface area contributed by atoms with Crippen LogP contribution >= 0.6 is 0 Å². The van der Waals surface area contributed by atoms with Gasteiger partial charge in [-0.2, -0.15) is 5.10 Å². The fourth-order valence-electron chi connectivity index (χ4n) is 2.29. The van der Waals surface area contributed by atoms with Gasteiger partial charge in [0.05, 0.1) is 17.8 Å². The number of aromatic nitrogens is 2. The van der Waals surface area contributed by atoms with Crippen LogP contribution in [0, 0.1) is 0 Å². The summed E-state index contributed by atoms with van der Waals surface area (Å²) < 4.78 is 7.38. The monoisotopic (exact) mass is 308 g/mol. The second-order valence-corrected chi connectivity index (χ2v) is 7.80. The topological polar surface area (TPSA) is 68.2 Å². The Morgan fingerprint density at radius 3 is 2.55 bits per heavy atom. The molecule has 0 radical (unpaired) electrons. The van der Waals surface area contributed by atoms with Crippen LogP contribution in [-0.2, 0) is 20.5 Å². The summed E-state index contributed by atoms with van der Waals surface area (Å²) >= 11 is 0. The molecular weight excluding hydrogens is 280 g/mol. The Morgan fingerprint density at radius 2 is 2.05 bits per heavy atom. The Labute approximate surface area is 132 Å². The molecule has 1 fully saturated rings. The van der Waals surface area contributed by atoms with Crippen molar-refractivity contribution in [2.75, 3.05) is 25.0 Å². The van der Waals surface area contributed by atoms with Gasteiger partial charge in [0.15, 0.2) is 0 Å². The molecule has 0 aliphatic carbocycles. The highest BCUT2D eigenvalue weighted by atomic mass is 16.5. The van der Waals surface area contributed by atoms with E-state index >= 15 is 0 Å². The van der Waals surface area contributed by atoms with Gasteiger partial charge in [-0.3, -0.25) is 4.79 Å². The lowest BCUT2D eigenvalue weighted by Crippen LogP contribution is -2.45. The Bertz CT molecular complexity index is 531. The molecule has 2 N–H and O–H groups in total. The number of nitrogens with one attached hydrogen (secondary N) is 2. The van der Waals surface area contributed by atoms with Gasteiger partial charge in [0.2, 0.25) is 0 Å². The molecule has 124 valence electrons. The number of anilines is 1. The van der Waals surface area contributed by atoms with Crippen molar-refractivity contribution in [3.63, 3.8) is 0 Å². The molecule has 6 heteroatoms. The standard InChI is InChI=1S/C16H28N4O2/c1-15(2,3)12-9-13(20(19-12)16(4,5)6)18-14(21)11-10-17-7-8-22-11/h9,11,17H,7-8,10H2,1-6H3,(H,18,21). The van der Waals surface area contributed by atoms with Gasteiger partial charge >= 0.3 is 0 Å². The van der Waals surface area contributed by atoms with E-state index < -0.39 is 6.10 Å². The minimum atomic E-state index is -0.449. The zero-order chi connectivity index (χ0) is 16.5. The second kappa shape index (κ2) is 6.01. The van der Waals surface area contributed by atoms with Gasteiger partial charge in [-0.05, 0) is 20.8 Å². The summed E-state index contributed by atoms with van der Waals surface area (Å²) in [6.45, 7) is 14.4. The van der Waals surface area contributed by atoms with Crippen molar-refractivity contribution in [3.8, 4) is 0 Å². The number of nitrogens with zero attached hydrogens (tertiary/aromatic N) is 2. The van der Waals surface area contributed by atoms with Crippen LogP contribution in [0.4, 0.5) is 5.82 Å². The number of carbonyl (C=O) groups is 1. The number of hydrogen-bond donors (Lipinski definition) is 2. The van der Waals surface area contributed by atoms with Crippen LogP contribution in [0.3, 0.4) is 0 Å². The zero-order valence-corrected chi connectivity index (χ0v) is 14.5. The Kier molecular flexibility index (Phi) is 4.63.